The van der Waals surface area contributed by atoms with Crippen LogP contribution in [-0.2, 0) is 0 Å². The normalized spacial score (nSPS) is 21.8. The summed E-state index contributed by atoms with van der Waals surface area (Å²) in [6.07, 6.45) is 3.74. The topological polar surface area (TPSA) is 55.1 Å². The molecule has 1 aliphatic carbocycles. The standard InChI is InChI=1S/C15H20N2OS/c1-11-4-5-12(9-11)10-17-15(18)14-13(3-2-7-16)6-8-19-14/h6,8,11-12H,4-5,7,9-10,16H2,1H3,(H,17,18). The Bertz CT molecular complexity index is 498. The fraction of sp³-hybridized carbons (Fsp3) is 0.533. The van der Waals surface area contributed by atoms with Crippen LogP contribution in [0.2, 0.25) is 0 Å². The zero-order valence-corrected chi connectivity index (χ0v) is 12.1. The Kier molecular flexibility index (Phi) is 5.00. The second-order valence-electron chi connectivity index (χ2n) is 5.16. The number of carbonyl (C=O) groups excluding carboxylic acids is 1. The predicted molar refractivity (Wildman–Crippen MR) is 79.1 cm³/mol. The summed E-state index contributed by atoms with van der Waals surface area (Å²) in [6, 6.07) is 1.87. The summed E-state index contributed by atoms with van der Waals surface area (Å²) in [5.74, 6) is 7.17. The maximum absolute atomic E-state index is 12.1. The Morgan fingerprint density at radius 2 is 2.42 bits per heavy atom. The summed E-state index contributed by atoms with van der Waals surface area (Å²) in [7, 11) is 0. The van der Waals surface area contributed by atoms with Gasteiger partial charge in [0.1, 0.15) is 4.88 Å². The Labute approximate surface area is 118 Å². The molecule has 1 fully saturated rings. The van der Waals surface area contributed by atoms with Crippen LogP contribution in [0.5, 0.6) is 0 Å². The molecule has 1 saturated carbocycles. The number of rotatable bonds is 3. The van der Waals surface area contributed by atoms with Crippen molar-refractivity contribution in [2.24, 2.45) is 17.6 Å². The van der Waals surface area contributed by atoms with Gasteiger partial charge in [-0.2, -0.15) is 0 Å². The summed E-state index contributed by atoms with van der Waals surface area (Å²) in [5.41, 5.74) is 6.14. The monoisotopic (exact) mass is 276 g/mol. The third-order valence-corrected chi connectivity index (χ3v) is 4.46. The zero-order valence-electron chi connectivity index (χ0n) is 11.2. The van der Waals surface area contributed by atoms with E-state index < -0.39 is 0 Å². The molecule has 4 heteroatoms. The van der Waals surface area contributed by atoms with E-state index in [4.69, 9.17) is 5.73 Å². The molecular weight excluding hydrogens is 256 g/mol. The van der Waals surface area contributed by atoms with Crippen molar-refractivity contribution in [1.29, 1.82) is 0 Å². The molecule has 1 aromatic heterocycles. The molecule has 0 radical (unpaired) electrons. The second kappa shape index (κ2) is 6.74. The van der Waals surface area contributed by atoms with Gasteiger partial charge in [0.25, 0.3) is 5.91 Å². The average molecular weight is 276 g/mol. The van der Waals surface area contributed by atoms with Gasteiger partial charge in [-0.1, -0.05) is 25.2 Å². The summed E-state index contributed by atoms with van der Waals surface area (Å²) in [6.45, 7) is 3.38. The first-order chi connectivity index (χ1) is 9.20. The molecule has 0 aromatic carbocycles. The third kappa shape index (κ3) is 3.82. The number of hydrogen-bond acceptors (Lipinski definition) is 3. The van der Waals surface area contributed by atoms with Crippen LogP contribution in [0.1, 0.15) is 41.4 Å². The molecule has 1 aromatic rings. The van der Waals surface area contributed by atoms with Crippen molar-refractivity contribution >= 4 is 17.2 Å². The molecule has 0 spiro atoms. The summed E-state index contributed by atoms with van der Waals surface area (Å²) in [5, 5.41) is 4.93. The van der Waals surface area contributed by atoms with E-state index in [1.165, 1.54) is 30.6 Å². The fourth-order valence-electron chi connectivity index (χ4n) is 2.56. The maximum Gasteiger partial charge on any atom is 0.262 e. The molecule has 0 saturated heterocycles. The fourth-order valence-corrected chi connectivity index (χ4v) is 3.32. The Morgan fingerprint density at radius 3 is 3.11 bits per heavy atom. The molecule has 2 unspecified atom stereocenters. The number of carbonyl (C=O) groups is 1. The van der Waals surface area contributed by atoms with Crippen LogP contribution in [0.15, 0.2) is 11.4 Å². The van der Waals surface area contributed by atoms with E-state index in [0.29, 0.717) is 17.3 Å². The lowest BCUT2D eigenvalue weighted by molar-refractivity contribution is 0.0951. The van der Waals surface area contributed by atoms with E-state index >= 15 is 0 Å². The largest absolute Gasteiger partial charge is 0.351 e. The van der Waals surface area contributed by atoms with Crippen molar-refractivity contribution in [3.8, 4) is 11.8 Å². The summed E-state index contributed by atoms with van der Waals surface area (Å²) in [4.78, 5) is 12.8. The van der Waals surface area contributed by atoms with E-state index in [1.807, 2.05) is 11.4 Å². The van der Waals surface area contributed by atoms with Crippen molar-refractivity contribution in [3.05, 3.63) is 21.9 Å². The lowest BCUT2D eigenvalue weighted by atomic mass is 10.1. The molecule has 1 aliphatic rings. The van der Waals surface area contributed by atoms with E-state index in [-0.39, 0.29) is 5.91 Å². The molecule has 19 heavy (non-hydrogen) atoms. The smallest absolute Gasteiger partial charge is 0.262 e. The minimum Gasteiger partial charge on any atom is -0.351 e. The van der Waals surface area contributed by atoms with Crippen LogP contribution in [-0.4, -0.2) is 19.0 Å². The van der Waals surface area contributed by atoms with Gasteiger partial charge in [0.2, 0.25) is 0 Å². The van der Waals surface area contributed by atoms with Gasteiger partial charge in [0, 0.05) is 12.1 Å². The van der Waals surface area contributed by atoms with Gasteiger partial charge in [-0.05, 0) is 36.1 Å². The van der Waals surface area contributed by atoms with Crippen molar-refractivity contribution in [1.82, 2.24) is 5.32 Å². The molecule has 3 nitrogen and oxygen atoms in total. The van der Waals surface area contributed by atoms with Crippen LogP contribution < -0.4 is 11.1 Å². The van der Waals surface area contributed by atoms with Crippen LogP contribution in [0, 0.1) is 23.7 Å². The first kappa shape index (κ1) is 14.1. The van der Waals surface area contributed by atoms with Gasteiger partial charge in [-0.15, -0.1) is 11.3 Å². The Hall–Kier alpha value is -1.31. The van der Waals surface area contributed by atoms with Crippen molar-refractivity contribution in [3.63, 3.8) is 0 Å². The highest BCUT2D eigenvalue weighted by Crippen LogP contribution is 2.29. The summed E-state index contributed by atoms with van der Waals surface area (Å²) < 4.78 is 0. The Balaban J connectivity index is 1.91. The van der Waals surface area contributed by atoms with Crippen molar-refractivity contribution < 1.29 is 4.79 Å². The zero-order chi connectivity index (χ0) is 13.7. The van der Waals surface area contributed by atoms with Gasteiger partial charge in [0.15, 0.2) is 0 Å². The van der Waals surface area contributed by atoms with Gasteiger partial charge in [0.05, 0.1) is 6.54 Å². The second-order valence-corrected chi connectivity index (χ2v) is 6.08. The van der Waals surface area contributed by atoms with E-state index in [2.05, 4.69) is 24.1 Å². The predicted octanol–water partition coefficient (Wildman–Crippen LogP) is 2.22. The van der Waals surface area contributed by atoms with E-state index in [0.717, 1.165) is 18.0 Å². The lowest BCUT2D eigenvalue weighted by Gasteiger charge is -2.10. The average Bonchev–Trinajstić information content (AvgIpc) is 3.02. The van der Waals surface area contributed by atoms with Crippen molar-refractivity contribution in [2.75, 3.05) is 13.1 Å². The molecule has 102 valence electrons. The number of amides is 1. The van der Waals surface area contributed by atoms with Crippen molar-refractivity contribution in [2.45, 2.75) is 26.2 Å². The highest BCUT2D eigenvalue weighted by Gasteiger charge is 2.22. The number of thiophene rings is 1. The molecule has 1 amide bonds. The lowest BCUT2D eigenvalue weighted by Crippen LogP contribution is -2.28. The number of nitrogens with one attached hydrogen (secondary N) is 1. The SMILES string of the molecule is CC1CCC(CNC(=O)c2sccc2C#CCN)C1. The minimum atomic E-state index is -0.00382. The van der Waals surface area contributed by atoms with Crippen LogP contribution >= 0.6 is 11.3 Å². The molecule has 2 rings (SSSR count). The van der Waals surface area contributed by atoms with Gasteiger partial charge >= 0.3 is 0 Å². The quantitative estimate of drug-likeness (QED) is 0.832. The van der Waals surface area contributed by atoms with E-state index in [9.17, 15) is 4.79 Å². The van der Waals surface area contributed by atoms with Crippen LogP contribution in [0.25, 0.3) is 0 Å². The van der Waals surface area contributed by atoms with Gasteiger partial charge in [-0.25, -0.2) is 0 Å². The first-order valence-corrected chi connectivity index (χ1v) is 7.63. The maximum atomic E-state index is 12.1. The molecule has 2 atom stereocenters. The molecule has 0 aliphatic heterocycles. The van der Waals surface area contributed by atoms with Crippen LogP contribution in [0.3, 0.4) is 0 Å². The molecule has 0 bridgehead atoms. The van der Waals surface area contributed by atoms with Gasteiger partial charge in [-0.3, -0.25) is 4.79 Å². The highest BCUT2D eigenvalue weighted by atomic mass is 32.1. The highest BCUT2D eigenvalue weighted by molar-refractivity contribution is 7.12. The van der Waals surface area contributed by atoms with Crippen LogP contribution in [0.4, 0.5) is 0 Å². The number of nitrogens with two attached hydrogens (primary N) is 1. The molecule has 3 N–H and O–H groups in total. The molecular formula is C15H20N2OS. The van der Waals surface area contributed by atoms with E-state index in [1.54, 1.807) is 0 Å². The first-order valence-electron chi connectivity index (χ1n) is 6.75. The number of hydrogen-bond donors (Lipinski definition) is 2. The van der Waals surface area contributed by atoms with Gasteiger partial charge < -0.3 is 11.1 Å². The third-order valence-electron chi connectivity index (χ3n) is 3.55. The molecule has 1 heterocycles. The summed E-state index contributed by atoms with van der Waals surface area (Å²) >= 11 is 1.44. The Morgan fingerprint density at radius 1 is 1.58 bits per heavy atom. The minimum absolute atomic E-state index is 0.00382.